The molecule has 26 heavy (non-hydrogen) atoms. The van der Waals surface area contributed by atoms with Gasteiger partial charge in [0.05, 0.1) is 5.69 Å². The molecule has 2 aliphatic heterocycles. The molecule has 0 spiro atoms. The van der Waals surface area contributed by atoms with E-state index in [0.29, 0.717) is 18.6 Å². The third-order valence-corrected chi connectivity index (χ3v) is 5.18. The number of hydrogen-bond donors (Lipinski definition) is 3. The molecule has 3 N–H and O–H groups in total. The minimum atomic E-state index is -1.26. The fraction of sp³-hybridized carbons (Fsp3) is 0.389. The maximum atomic E-state index is 11.8. The number of anilines is 1. The zero-order valence-electron chi connectivity index (χ0n) is 14.4. The van der Waals surface area contributed by atoms with Crippen LogP contribution in [0, 0.1) is 0 Å². The van der Waals surface area contributed by atoms with Crippen LogP contribution in [0.1, 0.15) is 23.1 Å². The number of halogens is 1. The number of fused-ring (bicyclic) bond motifs is 2. The maximum absolute atomic E-state index is 11.8. The van der Waals surface area contributed by atoms with Crippen LogP contribution in [0.2, 0.25) is 0 Å². The second-order valence-electron chi connectivity index (χ2n) is 6.05. The molecule has 0 radical (unpaired) electrons. The lowest BCUT2D eigenvalue weighted by atomic mass is 9.93. The molecule has 1 aromatic carbocycles. The van der Waals surface area contributed by atoms with Crippen LogP contribution in [0.4, 0.5) is 5.69 Å². The molecule has 8 heteroatoms. The monoisotopic (exact) mass is 424 g/mol. The molecule has 0 aliphatic carbocycles. The molecule has 0 unspecified atom stereocenters. The van der Waals surface area contributed by atoms with E-state index in [-0.39, 0.29) is 5.91 Å². The lowest BCUT2D eigenvalue weighted by molar-refractivity contribution is -0.134. The van der Waals surface area contributed by atoms with Crippen LogP contribution in [-0.4, -0.2) is 48.2 Å². The van der Waals surface area contributed by atoms with Gasteiger partial charge in [-0.3, -0.25) is 4.79 Å². The average Bonchev–Trinajstić information content (AvgIpc) is 2.83. The summed E-state index contributed by atoms with van der Waals surface area (Å²) >= 11 is 3.73. The summed E-state index contributed by atoms with van der Waals surface area (Å²) in [6.07, 6.45) is 4.74. The number of carbonyl (C=O) groups excluding carboxylic acids is 1. The van der Waals surface area contributed by atoms with Gasteiger partial charge in [0, 0.05) is 30.1 Å². The molecular formula is C18H21BrN2O5. The van der Waals surface area contributed by atoms with Crippen molar-refractivity contribution in [3.05, 3.63) is 39.4 Å². The first-order valence-electron chi connectivity index (χ1n) is 8.25. The van der Waals surface area contributed by atoms with E-state index in [2.05, 4.69) is 27.3 Å². The van der Waals surface area contributed by atoms with Crippen molar-refractivity contribution in [1.82, 2.24) is 5.32 Å². The van der Waals surface area contributed by atoms with Gasteiger partial charge in [-0.25, -0.2) is 9.59 Å². The highest BCUT2D eigenvalue weighted by Crippen LogP contribution is 2.39. The summed E-state index contributed by atoms with van der Waals surface area (Å²) in [5.74, 6) is -2.30. The van der Waals surface area contributed by atoms with E-state index in [0.717, 1.165) is 42.5 Å². The SMILES string of the molecule is CN1C(=O)CCc2cc3c(c(Br)c21)CCNCC3.O=C(O)/C=C/C(=O)O. The van der Waals surface area contributed by atoms with Gasteiger partial charge in [0.15, 0.2) is 0 Å². The number of rotatable bonds is 2. The number of benzene rings is 1. The number of nitrogens with zero attached hydrogens (tertiary/aromatic N) is 1. The Hall–Kier alpha value is -2.19. The Morgan fingerprint density at radius 3 is 2.31 bits per heavy atom. The van der Waals surface area contributed by atoms with Crippen molar-refractivity contribution in [2.24, 2.45) is 0 Å². The van der Waals surface area contributed by atoms with Crippen LogP contribution >= 0.6 is 15.9 Å². The van der Waals surface area contributed by atoms with Crippen LogP contribution in [0.5, 0.6) is 0 Å². The second kappa shape index (κ2) is 8.95. The van der Waals surface area contributed by atoms with Crippen LogP contribution in [-0.2, 0) is 33.6 Å². The first kappa shape index (κ1) is 20.1. The quantitative estimate of drug-likeness (QED) is 0.624. The predicted molar refractivity (Wildman–Crippen MR) is 101 cm³/mol. The molecule has 2 heterocycles. The van der Waals surface area contributed by atoms with Crippen LogP contribution in [0.25, 0.3) is 0 Å². The molecule has 0 fully saturated rings. The molecular weight excluding hydrogens is 404 g/mol. The van der Waals surface area contributed by atoms with Crippen LogP contribution < -0.4 is 10.2 Å². The van der Waals surface area contributed by atoms with Gasteiger partial charge >= 0.3 is 11.9 Å². The van der Waals surface area contributed by atoms with Gasteiger partial charge in [0.2, 0.25) is 5.91 Å². The van der Waals surface area contributed by atoms with Crippen molar-refractivity contribution in [2.75, 3.05) is 25.0 Å². The summed E-state index contributed by atoms with van der Waals surface area (Å²) in [4.78, 5) is 32.8. The van der Waals surface area contributed by atoms with Gasteiger partial charge in [-0.15, -0.1) is 0 Å². The molecule has 140 valence electrons. The van der Waals surface area contributed by atoms with E-state index in [1.165, 1.54) is 16.7 Å². The van der Waals surface area contributed by atoms with Crippen molar-refractivity contribution in [2.45, 2.75) is 25.7 Å². The van der Waals surface area contributed by atoms with E-state index in [4.69, 9.17) is 10.2 Å². The highest BCUT2D eigenvalue weighted by atomic mass is 79.9. The number of carboxylic acids is 2. The zero-order valence-corrected chi connectivity index (χ0v) is 16.0. The highest BCUT2D eigenvalue weighted by molar-refractivity contribution is 9.10. The number of aliphatic carboxylic acids is 2. The molecule has 1 amide bonds. The Labute approximate surface area is 159 Å². The van der Waals surface area contributed by atoms with Crippen molar-refractivity contribution < 1.29 is 24.6 Å². The number of carboxylic acid groups (broad SMARTS) is 2. The lowest BCUT2D eigenvalue weighted by Gasteiger charge is -2.29. The van der Waals surface area contributed by atoms with Crippen molar-refractivity contribution in [3.8, 4) is 0 Å². The molecule has 0 atom stereocenters. The molecule has 0 saturated carbocycles. The molecule has 0 aromatic heterocycles. The zero-order chi connectivity index (χ0) is 19.3. The van der Waals surface area contributed by atoms with Gasteiger partial charge in [-0.1, -0.05) is 6.07 Å². The van der Waals surface area contributed by atoms with E-state index in [1.54, 1.807) is 0 Å². The Morgan fingerprint density at radius 2 is 1.69 bits per heavy atom. The van der Waals surface area contributed by atoms with E-state index < -0.39 is 11.9 Å². The van der Waals surface area contributed by atoms with Crippen LogP contribution in [0.3, 0.4) is 0 Å². The predicted octanol–water partition coefficient (Wildman–Crippen LogP) is 1.76. The maximum Gasteiger partial charge on any atom is 0.328 e. The summed E-state index contributed by atoms with van der Waals surface area (Å²) in [5, 5.41) is 19.1. The van der Waals surface area contributed by atoms with Gasteiger partial charge in [0.25, 0.3) is 0 Å². The highest BCUT2D eigenvalue weighted by Gasteiger charge is 2.26. The first-order chi connectivity index (χ1) is 12.3. The molecule has 7 nitrogen and oxygen atoms in total. The number of aryl methyl sites for hydroxylation is 1. The van der Waals surface area contributed by atoms with E-state index >= 15 is 0 Å². The number of amides is 1. The summed E-state index contributed by atoms with van der Waals surface area (Å²) in [6, 6.07) is 2.31. The van der Waals surface area contributed by atoms with Crippen molar-refractivity contribution >= 4 is 39.5 Å². The fourth-order valence-electron chi connectivity index (χ4n) is 3.08. The molecule has 2 aliphatic rings. The summed E-state index contributed by atoms with van der Waals surface area (Å²) in [7, 11) is 1.88. The topological polar surface area (TPSA) is 107 Å². The normalized spacial score (nSPS) is 16.2. The lowest BCUT2D eigenvalue weighted by Crippen LogP contribution is -2.32. The van der Waals surface area contributed by atoms with Crippen molar-refractivity contribution in [3.63, 3.8) is 0 Å². The Morgan fingerprint density at radius 1 is 1.08 bits per heavy atom. The average molecular weight is 425 g/mol. The first-order valence-corrected chi connectivity index (χ1v) is 9.05. The number of hydrogen-bond acceptors (Lipinski definition) is 4. The minimum Gasteiger partial charge on any atom is -0.478 e. The van der Waals surface area contributed by atoms with E-state index in [1.807, 2.05) is 11.9 Å². The number of nitrogens with one attached hydrogen (secondary N) is 1. The Bertz CT molecular complexity index is 744. The smallest absolute Gasteiger partial charge is 0.328 e. The Balaban J connectivity index is 0.000000260. The standard InChI is InChI=1S/C14H17BrN2O.C4H4O4/c1-17-12(18)3-2-10-8-9-4-6-16-7-5-11(9)13(15)14(10)17;5-3(6)1-2-4(7)8/h8,16H,2-7H2,1H3;1-2H,(H,5,6)(H,7,8)/b;2-1+. The van der Waals surface area contributed by atoms with Crippen molar-refractivity contribution in [1.29, 1.82) is 0 Å². The number of carbonyl (C=O) groups is 3. The molecule has 0 bridgehead atoms. The summed E-state index contributed by atoms with van der Waals surface area (Å²) in [6.45, 7) is 2.06. The van der Waals surface area contributed by atoms with Gasteiger partial charge < -0.3 is 20.4 Å². The molecule has 3 rings (SSSR count). The molecule has 0 saturated heterocycles. The summed E-state index contributed by atoms with van der Waals surface area (Å²) in [5.41, 5.74) is 5.21. The minimum absolute atomic E-state index is 0.217. The van der Waals surface area contributed by atoms with Gasteiger partial charge in [0.1, 0.15) is 0 Å². The molecule has 1 aromatic rings. The third-order valence-electron chi connectivity index (χ3n) is 4.32. The Kier molecular flexibility index (Phi) is 6.93. The third kappa shape index (κ3) is 4.92. The second-order valence-corrected chi connectivity index (χ2v) is 6.84. The van der Waals surface area contributed by atoms with E-state index in [9.17, 15) is 14.4 Å². The largest absolute Gasteiger partial charge is 0.478 e. The summed E-state index contributed by atoms with van der Waals surface area (Å²) < 4.78 is 1.13. The van der Waals surface area contributed by atoms with Crippen LogP contribution in [0.15, 0.2) is 22.7 Å². The fourth-order valence-corrected chi connectivity index (χ4v) is 4.05. The van der Waals surface area contributed by atoms with Gasteiger partial charge in [-0.2, -0.15) is 0 Å². The van der Waals surface area contributed by atoms with Gasteiger partial charge in [-0.05, 0) is 65.0 Å².